The van der Waals surface area contributed by atoms with E-state index in [9.17, 15) is 9.59 Å². The molecule has 6 heteroatoms. The molecule has 0 aromatic heterocycles. The largest absolute Gasteiger partial charge is 0.336 e. The van der Waals surface area contributed by atoms with Crippen molar-refractivity contribution in [3.63, 3.8) is 0 Å². The predicted molar refractivity (Wildman–Crippen MR) is 99.0 cm³/mol. The number of hydrogen-bond acceptors (Lipinski definition) is 4. The molecule has 26 heavy (non-hydrogen) atoms. The second-order valence-corrected chi connectivity index (χ2v) is 6.29. The van der Waals surface area contributed by atoms with E-state index in [-0.39, 0.29) is 11.8 Å². The molecular weight excluding hydrogens is 328 g/mol. The average Bonchev–Trinajstić information content (AvgIpc) is 2.68. The minimum atomic E-state index is -0.347. The van der Waals surface area contributed by atoms with Gasteiger partial charge in [-0.05, 0) is 37.4 Å². The van der Waals surface area contributed by atoms with E-state index in [0.29, 0.717) is 35.5 Å². The van der Waals surface area contributed by atoms with Gasteiger partial charge in [-0.15, -0.1) is 0 Å². The minimum absolute atomic E-state index is 0.0647. The van der Waals surface area contributed by atoms with Crippen LogP contribution < -0.4 is 5.32 Å². The number of benzene rings is 2. The van der Waals surface area contributed by atoms with Gasteiger partial charge >= 0.3 is 0 Å². The van der Waals surface area contributed by atoms with Crippen LogP contribution >= 0.6 is 0 Å². The summed E-state index contributed by atoms with van der Waals surface area (Å²) >= 11 is 0. The summed E-state index contributed by atoms with van der Waals surface area (Å²) in [4.78, 5) is 29.2. The number of hydrogen-bond donors (Lipinski definition) is 1. The number of carbonyl (C=O) groups excluding carboxylic acids is 2. The van der Waals surface area contributed by atoms with Gasteiger partial charge in [-0.25, -0.2) is 0 Å². The number of likely N-dealkylation sites (N-methyl/N-ethyl adjacent to an activating group) is 1. The maximum absolute atomic E-state index is 12.7. The number of amides is 2. The lowest BCUT2D eigenvalue weighted by Crippen LogP contribution is -2.47. The van der Waals surface area contributed by atoms with Gasteiger partial charge in [0.05, 0.1) is 11.3 Å². The Bertz CT molecular complexity index is 864. The molecule has 1 fully saturated rings. The lowest BCUT2D eigenvalue weighted by Gasteiger charge is -2.32. The molecule has 2 aromatic rings. The molecule has 3 rings (SSSR count). The zero-order valence-electron chi connectivity index (χ0n) is 14.6. The number of nitriles is 1. The number of nitrogens with one attached hydrogen (secondary N) is 1. The third kappa shape index (κ3) is 3.90. The first-order chi connectivity index (χ1) is 12.6. The molecule has 0 bridgehead atoms. The Labute approximate surface area is 152 Å². The summed E-state index contributed by atoms with van der Waals surface area (Å²) < 4.78 is 0. The van der Waals surface area contributed by atoms with E-state index < -0.39 is 0 Å². The Hall–Kier alpha value is -3.17. The van der Waals surface area contributed by atoms with Crippen LogP contribution in [-0.4, -0.2) is 54.8 Å². The molecule has 0 unspecified atom stereocenters. The monoisotopic (exact) mass is 348 g/mol. The maximum atomic E-state index is 12.7. The molecule has 1 N–H and O–H groups in total. The van der Waals surface area contributed by atoms with Crippen molar-refractivity contribution in [3.05, 3.63) is 65.2 Å². The van der Waals surface area contributed by atoms with Crippen LogP contribution in [0.1, 0.15) is 26.3 Å². The van der Waals surface area contributed by atoms with E-state index in [2.05, 4.69) is 10.2 Å². The zero-order chi connectivity index (χ0) is 18.5. The molecule has 132 valence electrons. The Morgan fingerprint density at radius 1 is 1.00 bits per heavy atom. The van der Waals surface area contributed by atoms with Crippen molar-refractivity contribution in [2.45, 2.75) is 0 Å². The Balaban J connectivity index is 1.75. The first-order valence-corrected chi connectivity index (χ1v) is 8.47. The van der Waals surface area contributed by atoms with Gasteiger partial charge in [-0.1, -0.05) is 18.2 Å². The molecule has 2 amide bonds. The molecule has 2 aromatic carbocycles. The van der Waals surface area contributed by atoms with Crippen molar-refractivity contribution < 1.29 is 9.59 Å². The third-order valence-electron chi connectivity index (χ3n) is 4.46. The molecule has 0 aliphatic carbocycles. The van der Waals surface area contributed by atoms with Crippen LogP contribution in [0.2, 0.25) is 0 Å². The normalized spacial score (nSPS) is 14.5. The molecular formula is C20H20N4O2. The van der Waals surface area contributed by atoms with E-state index in [4.69, 9.17) is 5.26 Å². The SMILES string of the molecule is CN1CCN(C(=O)c2cccc(C(=O)Nc3ccccc3C#N)c2)CC1. The third-order valence-corrected chi connectivity index (χ3v) is 4.46. The molecule has 0 saturated carbocycles. The molecule has 1 aliphatic rings. The van der Waals surface area contributed by atoms with Crippen molar-refractivity contribution in [1.29, 1.82) is 5.26 Å². The van der Waals surface area contributed by atoms with Gasteiger partial charge in [0.25, 0.3) is 11.8 Å². The molecule has 0 atom stereocenters. The van der Waals surface area contributed by atoms with Crippen molar-refractivity contribution >= 4 is 17.5 Å². The number of piperazine rings is 1. The topological polar surface area (TPSA) is 76.4 Å². The Morgan fingerprint density at radius 2 is 1.69 bits per heavy atom. The highest BCUT2D eigenvalue weighted by Crippen LogP contribution is 2.16. The van der Waals surface area contributed by atoms with E-state index >= 15 is 0 Å². The minimum Gasteiger partial charge on any atom is -0.336 e. The molecule has 6 nitrogen and oxygen atoms in total. The van der Waals surface area contributed by atoms with Crippen LogP contribution in [0.25, 0.3) is 0 Å². The fourth-order valence-electron chi connectivity index (χ4n) is 2.87. The van der Waals surface area contributed by atoms with Gasteiger partial charge in [0.2, 0.25) is 0 Å². The summed E-state index contributed by atoms with van der Waals surface area (Å²) in [6, 6.07) is 15.5. The van der Waals surface area contributed by atoms with Crippen LogP contribution in [0.3, 0.4) is 0 Å². The summed E-state index contributed by atoms with van der Waals surface area (Å²) in [5.41, 5.74) is 1.73. The zero-order valence-corrected chi connectivity index (χ0v) is 14.6. The highest BCUT2D eigenvalue weighted by molar-refractivity contribution is 6.06. The van der Waals surface area contributed by atoms with E-state index in [1.807, 2.05) is 18.0 Å². The number of para-hydroxylation sites is 1. The van der Waals surface area contributed by atoms with Crippen LogP contribution in [0.4, 0.5) is 5.69 Å². The predicted octanol–water partition coefficient (Wildman–Crippen LogP) is 2.20. The second kappa shape index (κ2) is 7.81. The Morgan fingerprint density at radius 3 is 2.42 bits per heavy atom. The van der Waals surface area contributed by atoms with E-state index in [0.717, 1.165) is 13.1 Å². The van der Waals surface area contributed by atoms with Crippen LogP contribution in [-0.2, 0) is 0 Å². The van der Waals surface area contributed by atoms with Gasteiger partial charge in [0.1, 0.15) is 6.07 Å². The Kier molecular flexibility index (Phi) is 5.30. The molecule has 0 radical (unpaired) electrons. The summed E-state index contributed by atoms with van der Waals surface area (Å²) in [5.74, 6) is -0.411. The van der Waals surface area contributed by atoms with Gasteiger partial charge in [-0.3, -0.25) is 9.59 Å². The van der Waals surface area contributed by atoms with Crippen LogP contribution in [0.5, 0.6) is 0 Å². The molecule has 1 saturated heterocycles. The van der Waals surface area contributed by atoms with Crippen molar-refractivity contribution in [1.82, 2.24) is 9.80 Å². The van der Waals surface area contributed by atoms with Crippen molar-refractivity contribution in [2.75, 3.05) is 38.5 Å². The van der Waals surface area contributed by atoms with Crippen LogP contribution in [0.15, 0.2) is 48.5 Å². The summed E-state index contributed by atoms with van der Waals surface area (Å²) in [6.07, 6.45) is 0. The highest BCUT2D eigenvalue weighted by Gasteiger charge is 2.21. The molecule has 1 aliphatic heterocycles. The van der Waals surface area contributed by atoms with Crippen LogP contribution in [0, 0.1) is 11.3 Å². The lowest BCUT2D eigenvalue weighted by molar-refractivity contribution is 0.0664. The lowest BCUT2D eigenvalue weighted by atomic mass is 10.1. The highest BCUT2D eigenvalue weighted by atomic mass is 16.2. The first-order valence-electron chi connectivity index (χ1n) is 8.47. The number of anilines is 1. The maximum Gasteiger partial charge on any atom is 0.255 e. The smallest absolute Gasteiger partial charge is 0.255 e. The standard InChI is InChI=1S/C20H20N4O2/c1-23-9-11-24(12-10-23)20(26)16-7-4-6-15(13-16)19(25)22-18-8-3-2-5-17(18)14-21/h2-8,13H,9-12H2,1H3,(H,22,25). The van der Waals surface area contributed by atoms with E-state index in [1.54, 1.807) is 48.5 Å². The van der Waals surface area contributed by atoms with Gasteiger partial charge in [0.15, 0.2) is 0 Å². The first kappa shape index (κ1) is 17.6. The quantitative estimate of drug-likeness (QED) is 0.922. The average molecular weight is 348 g/mol. The van der Waals surface area contributed by atoms with Gasteiger partial charge in [-0.2, -0.15) is 5.26 Å². The van der Waals surface area contributed by atoms with Gasteiger partial charge < -0.3 is 15.1 Å². The fraction of sp³-hybridized carbons (Fsp3) is 0.250. The van der Waals surface area contributed by atoms with E-state index in [1.165, 1.54) is 0 Å². The van der Waals surface area contributed by atoms with Gasteiger partial charge in [0, 0.05) is 37.3 Å². The second-order valence-electron chi connectivity index (χ2n) is 6.29. The fourth-order valence-corrected chi connectivity index (χ4v) is 2.87. The van der Waals surface area contributed by atoms with Crippen molar-refractivity contribution in [2.24, 2.45) is 0 Å². The molecule has 1 heterocycles. The summed E-state index contributed by atoms with van der Waals surface area (Å²) in [6.45, 7) is 3.05. The number of rotatable bonds is 3. The number of nitrogens with zero attached hydrogens (tertiary/aromatic N) is 3. The summed E-state index contributed by atoms with van der Waals surface area (Å²) in [7, 11) is 2.03. The molecule has 0 spiro atoms. The number of carbonyl (C=O) groups is 2. The van der Waals surface area contributed by atoms with Crippen molar-refractivity contribution in [3.8, 4) is 6.07 Å². The summed E-state index contributed by atoms with van der Waals surface area (Å²) in [5, 5.41) is 11.9.